The van der Waals surface area contributed by atoms with Crippen LogP contribution in [0.4, 0.5) is 5.95 Å². The van der Waals surface area contributed by atoms with Gasteiger partial charge in [0.15, 0.2) is 0 Å². The molecule has 1 saturated heterocycles. The third kappa shape index (κ3) is 2.51. The summed E-state index contributed by atoms with van der Waals surface area (Å²) in [4.78, 5) is 29.3. The van der Waals surface area contributed by atoms with Gasteiger partial charge in [0, 0.05) is 12.1 Å². The number of benzene rings is 1. The molecule has 0 aliphatic carbocycles. The van der Waals surface area contributed by atoms with Gasteiger partial charge >= 0.3 is 5.97 Å². The second kappa shape index (κ2) is 5.80. The minimum atomic E-state index is -3.90. The minimum absolute atomic E-state index is 0.0681. The van der Waals surface area contributed by atoms with Crippen LogP contribution >= 0.6 is 0 Å². The molecule has 1 amide bonds. The summed E-state index contributed by atoms with van der Waals surface area (Å²) in [6.07, 6.45) is 3.05. The number of carboxylic acid groups (broad SMARTS) is 1. The number of hydrogen-bond donors (Lipinski definition) is 2. The number of sulfonamides is 1. The topological polar surface area (TPSA) is 134 Å². The van der Waals surface area contributed by atoms with Gasteiger partial charge in [-0.15, -0.1) is 0 Å². The average Bonchev–Trinajstić information content (AvgIpc) is 3.08. The Bertz CT molecular complexity index is 1020. The van der Waals surface area contributed by atoms with Gasteiger partial charge in [-0.05, 0) is 37.5 Å². The third-order valence-electron chi connectivity index (χ3n) is 4.55. The summed E-state index contributed by atoms with van der Waals surface area (Å²) in [6.45, 7) is 0.325. The molecular weight excluding hydrogens is 362 g/mol. The molecule has 26 heavy (non-hydrogen) atoms. The fourth-order valence-corrected chi connectivity index (χ4v) is 4.50. The smallest absolute Gasteiger partial charge is 0.326 e. The van der Waals surface area contributed by atoms with Crippen LogP contribution in [-0.4, -0.2) is 57.7 Å². The first-order valence-corrected chi connectivity index (χ1v) is 9.48. The van der Waals surface area contributed by atoms with Crippen LogP contribution in [0.2, 0.25) is 0 Å². The largest absolute Gasteiger partial charge is 0.480 e. The lowest BCUT2D eigenvalue weighted by atomic mass is 10.0. The standard InChI is InChI=1S/C15H15N5O5S/c21-13(19-6-2-1-3-11(19)14(22)23)9-4-5-10-12(7-9)26(24,25)18-15-16-8-17-20(10)15/h4-5,7-8,11H,1-3,6H2,(H,22,23)(H,16,17,18). The Morgan fingerprint density at radius 3 is 2.85 bits per heavy atom. The van der Waals surface area contributed by atoms with Crippen LogP contribution in [0.5, 0.6) is 0 Å². The lowest BCUT2D eigenvalue weighted by molar-refractivity contribution is -0.143. The zero-order chi connectivity index (χ0) is 18.5. The fraction of sp³-hybridized carbons (Fsp3) is 0.333. The normalized spacial score (nSPS) is 20.6. The monoisotopic (exact) mass is 377 g/mol. The second-order valence-electron chi connectivity index (χ2n) is 6.13. The van der Waals surface area contributed by atoms with Crippen molar-refractivity contribution in [2.45, 2.75) is 30.2 Å². The molecular formula is C15H15N5O5S. The maximum Gasteiger partial charge on any atom is 0.326 e. The lowest BCUT2D eigenvalue weighted by Crippen LogP contribution is -2.48. The maximum absolute atomic E-state index is 12.8. The van der Waals surface area contributed by atoms with Crippen molar-refractivity contribution in [2.75, 3.05) is 11.3 Å². The summed E-state index contributed by atoms with van der Waals surface area (Å²) >= 11 is 0. The van der Waals surface area contributed by atoms with E-state index in [2.05, 4.69) is 14.8 Å². The van der Waals surface area contributed by atoms with Crippen molar-refractivity contribution in [3.63, 3.8) is 0 Å². The molecule has 0 radical (unpaired) electrons. The first kappa shape index (κ1) is 16.5. The summed E-state index contributed by atoms with van der Waals surface area (Å²) in [5, 5.41) is 13.3. The summed E-state index contributed by atoms with van der Waals surface area (Å²) < 4.78 is 28.5. The number of aliphatic carboxylic acids is 1. The van der Waals surface area contributed by atoms with Crippen molar-refractivity contribution in [1.29, 1.82) is 0 Å². The quantitative estimate of drug-likeness (QED) is 0.776. The number of rotatable bonds is 2. The Morgan fingerprint density at radius 1 is 1.27 bits per heavy atom. The molecule has 1 aromatic carbocycles. The number of fused-ring (bicyclic) bond motifs is 3. The maximum atomic E-state index is 12.8. The highest BCUT2D eigenvalue weighted by Crippen LogP contribution is 2.30. The van der Waals surface area contributed by atoms with Gasteiger partial charge in [-0.1, -0.05) is 0 Å². The first-order chi connectivity index (χ1) is 12.4. The van der Waals surface area contributed by atoms with Crippen molar-refractivity contribution in [3.05, 3.63) is 30.1 Å². The number of carboxylic acids is 1. The number of amides is 1. The average molecular weight is 377 g/mol. The van der Waals surface area contributed by atoms with Gasteiger partial charge in [-0.2, -0.15) is 14.8 Å². The van der Waals surface area contributed by atoms with Crippen LogP contribution in [0, 0.1) is 0 Å². The number of aromatic nitrogens is 3. The van der Waals surface area contributed by atoms with Crippen LogP contribution in [0.1, 0.15) is 29.6 Å². The van der Waals surface area contributed by atoms with E-state index in [1.54, 1.807) is 0 Å². The van der Waals surface area contributed by atoms with Crippen LogP contribution in [0.3, 0.4) is 0 Å². The van der Waals surface area contributed by atoms with Crippen molar-refractivity contribution in [2.24, 2.45) is 0 Å². The number of carbonyl (C=O) groups is 2. The van der Waals surface area contributed by atoms with Crippen LogP contribution in [0.25, 0.3) is 5.69 Å². The van der Waals surface area contributed by atoms with Gasteiger partial charge in [0.1, 0.15) is 17.3 Å². The van der Waals surface area contributed by atoms with Gasteiger partial charge in [-0.25, -0.2) is 17.9 Å². The molecule has 3 heterocycles. The van der Waals surface area contributed by atoms with E-state index in [4.69, 9.17) is 0 Å². The molecule has 1 aromatic heterocycles. The fourth-order valence-electron chi connectivity index (χ4n) is 3.30. The molecule has 1 atom stereocenters. The number of piperidine rings is 1. The number of anilines is 1. The Kier molecular flexibility index (Phi) is 3.68. The molecule has 0 bridgehead atoms. The molecule has 4 rings (SSSR count). The van der Waals surface area contributed by atoms with Gasteiger partial charge in [0.05, 0.1) is 5.69 Å². The van der Waals surface area contributed by atoms with E-state index in [1.165, 1.54) is 34.1 Å². The SMILES string of the molecule is O=C(O)C1CCCCN1C(=O)c1ccc2c(c1)S(=O)(=O)Nc1ncnn1-2. The molecule has 11 heteroatoms. The van der Waals surface area contributed by atoms with Crippen LogP contribution in [0.15, 0.2) is 29.4 Å². The summed E-state index contributed by atoms with van der Waals surface area (Å²) in [5.74, 6) is -1.49. The highest BCUT2D eigenvalue weighted by atomic mass is 32.2. The Hall–Kier alpha value is -2.95. The zero-order valence-electron chi connectivity index (χ0n) is 13.5. The minimum Gasteiger partial charge on any atom is -0.480 e. The van der Waals surface area contributed by atoms with E-state index in [1.807, 2.05) is 0 Å². The number of likely N-dealkylation sites (tertiary alicyclic amines) is 1. The summed E-state index contributed by atoms with van der Waals surface area (Å²) in [6, 6.07) is 3.29. The van der Waals surface area contributed by atoms with E-state index in [0.29, 0.717) is 19.4 Å². The molecule has 0 spiro atoms. The van der Waals surface area contributed by atoms with Crippen molar-refractivity contribution in [1.82, 2.24) is 19.7 Å². The number of hydrogen-bond acceptors (Lipinski definition) is 6. The third-order valence-corrected chi connectivity index (χ3v) is 5.90. The first-order valence-electron chi connectivity index (χ1n) is 7.99. The van der Waals surface area contributed by atoms with Gasteiger partial charge in [0.2, 0.25) is 5.95 Å². The Labute approximate surface area is 148 Å². The molecule has 2 aliphatic heterocycles. The second-order valence-corrected chi connectivity index (χ2v) is 7.78. The molecule has 1 fully saturated rings. The van der Waals surface area contributed by atoms with E-state index in [0.717, 1.165) is 6.42 Å². The van der Waals surface area contributed by atoms with Crippen molar-refractivity contribution >= 4 is 27.8 Å². The van der Waals surface area contributed by atoms with Crippen LogP contribution < -0.4 is 4.72 Å². The lowest BCUT2D eigenvalue weighted by Gasteiger charge is -2.33. The molecule has 0 saturated carbocycles. The number of nitrogens with one attached hydrogen (secondary N) is 1. The van der Waals surface area contributed by atoms with Crippen molar-refractivity contribution in [3.8, 4) is 5.69 Å². The number of nitrogens with zero attached hydrogens (tertiary/aromatic N) is 4. The Balaban J connectivity index is 1.76. The zero-order valence-corrected chi connectivity index (χ0v) is 14.3. The van der Waals surface area contributed by atoms with Gasteiger partial charge in [-0.3, -0.25) is 4.79 Å². The summed E-state index contributed by atoms with van der Waals surface area (Å²) in [5.41, 5.74) is 0.395. The van der Waals surface area contributed by atoms with Crippen LogP contribution in [-0.2, 0) is 14.8 Å². The predicted octanol–water partition coefficient (Wildman–Crippen LogP) is 0.461. The Morgan fingerprint density at radius 2 is 2.08 bits per heavy atom. The molecule has 2 N–H and O–H groups in total. The van der Waals surface area contributed by atoms with Gasteiger partial charge in [0.25, 0.3) is 15.9 Å². The molecule has 2 aliphatic rings. The molecule has 2 aromatic rings. The van der Waals surface area contributed by atoms with E-state index in [-0.39, 0.29) is 22.1 Å². The molecule has 1 unspecified atom stereocenters. The van der Waals surface area contributed by atoms with E-state index in [9.17, 15) is 23.1 Å². The highest BCUT2D eigenvalue weighted by Gasteiger charge is 2.34. The summed E-state index contributed by atoms with van der Waals surface area (Å²) in [7, 11) is -3.90. The van der Waals surface area contributed by atoms with Crippen molar-refractivity contribution < 1.29 is 23.1 Å². The molecule has 136 valence electrons. The number of carbonyl (C=O) groups excluding carboxylic acids is 1. The highest BCUT2D eigenvalue weighted by molar-refractivity contribution is 7.93. The van der Waals surface area contributed by atoms with E-state index >= 15 is 0 Å². The molecule has 10 nitrogen and oxygen atoms in total. The predicted molar refractivity (Wildman–Crippen MR) is 88.5 cm³/mol. The van der Waals surface area contributed by atoms with E-state index < -0.39 is 27.9 Å². The van der Waals surface area contributed by atoms with Gasteiger partial charge < -0.3 is 10.0 Å².